The molecule has 0 unspecified atom stereocenters. The van der Waals surface area contributed by atoms with Crippen LogP contribution in [0.1, 0.15) is 18.9 Å². The van der Waals surface area contributed by atoms with Gasteiger partial charge in [-0.1, -0.05) is 18.2 Å². The maximum atomic E-state index is 11.8. The van der Waals surface area contributed by atoms with E-state index in [9.17, 15) is 4.79 Å². The first-order chi connectivity index (χ1) is 9.29. The zero-order valence-electron chi connectivity index (χ0n) is 11.4. The van der Waals surface area contributed by atoms with E-state index in [2.05, 4.69) is 10.6 Å². The minimum Gasteiger partial charge on any atom is -0.494 e. The third-order valence-corrected chi connectivity index (χ3v) is 3.35. The van der Waals surface area contributed by atoms with Crippen molar-refractivity contribution in [3.8, 4) is 5.75 Å². The smallest absolute Gasteiger partial charge is 0.220 e. The van der Waals surface area contributed by atoms with Crippen molar-refractivity contribution in [3.05, 3.63) is 29.8 Å². The highest BCUT2D eigenvalue weighted by Gasteiger charge is 2.17. The number of amides is 1. The van der Waals surface area contributed by atoms with Crippen molar-refractivity contribution in [2.24, 2.45) is 5.92 Å². The summed E-state index contributed by atoms with van der Waals surface area (Å²) in [6, 6.07) is 7.92. The van der Waals surface area contributed by atoms with Crippen LogP contribution in [-0.4, -0.2) is 32.1 Å². The van der Waals surface area contributed by atoms with Gasteiger partial charge in [0.1, 0.15) is 5.75 Å². The maximum absolute atomic E-state index is 11.8. The van der Waals surface area contributed by atoms with Gasteiger partial charge < -0.3 is 15.4 Å². The maximum Gasteiger partial charge on any atom is 0.220 e. The third-order valence-electron chi connectivity index (χ3n) is 3.35. The zero-order chi connectivity index (χ0) is 13.5. The van der Waals surface area contributed by atoms with E-state index in [1.165, 1.54) is 0 Å². The van der Waals surface area contributed by atoms with Gasteiger partial charge in [-0.3, -0.25) is 4.79 Å². The molecule has 0 radical (unpaired) electrons. The molecule has 0 aromatic heterocycles. The number of hydrogen-bond donors (Lipinski definition) is 2. The summed E-state index contributed by atoms with van der Waals surface area (Å²) in [7, 11) is 0. The van der Waals surface area contributed by atoms with Crippen molar-refractivity contribution in [1.82, 2.24) is 10.6 Å². The first-order valence-electron chi connectivity index (χ1n) is 6.97. The SMILES string of the molecule is CCOc1ccccc1CCC(=O)NCC1CNC1. The Morgan fingerprint density at radius 2 is 2.21 bits per heavy atom. The van der Waals surface area contributed by atoms with E-state index in [0.29, 0.717) is 18.9 Å². The molecule has 0 spiro atoms. The average Bonchev–Trinajstić information content (AvgIpc) is 2.36. The van der Waals surface area contributed by atoms with Crippen LogP contribution in [0.15, 0.2) is 24.3 Å². The fourth-order valence-corrected chi connectivity index (χ4v) is 2.09. The van der Waals surface area contributed by atoms with Crippen LogP contribution in [0.3, 0.4) is 0 Å². The van der Waals surface area contributed by atoms with Gasteiger partial charge in [-0.05, 0) is 25.0 Å². The molecule has 1 aromatic carbocycles. The van der Waals surface area contributed by atoms with E-state index >= 15 is 0 Å². The zero-order valence-corrected chi connectivity index (χ0v) is 11.4. The second kappa shape index (κ2) is 7.14. The lowest BCUT2D eigenvalue weighted by Crippen LogP contribution is -2.48. The highest BCUT2D eigenvalue weighted by Crippen LogP contribution is 2.19. The Balaban J connectivity index is 1.75. The van der Waals surface area contributed by atoms with Gasteiger partial charge >= 0.3 is 0 Å². The minimum atomic E-state index is 0.123. The van der Waals surface area contributed by atoms with Crippen LogP contribution in [0.4, 0.5) is 0 Å². The monoisotopic (exact) mass is 262 g/mol. The molecule has 1 aromatic rings. The molecule has 0 bridgehead atoms. The van der Waals surface area contributed by atoms with Crippen LogP contribution in [-0.2, 0) is 11.2 Å². The van der Waals surface area contributed by atoms with Gasteiger partial charge in [0.15, 0.2) is 0 Å². The molecule has 19 heavy (non-hydrogen) atoms. The molecule has 0 saturated carbocycles. The first kappa shape index (κ1) is 13.9. The summed E-state index contributed by atoms with van der Waals surface area (Å²) in [5, 5.41) is 6.18. The lowest BCUT2D eigenvalue weighted by atomic mass is 10.0. The molecule has 1 amide bonds. The van der Waals surface area contributed by atoms with Crippen LogP contribution in [0.25, 0.3) is 0 Å². The molecular weight excluding hydrogens is 240 g/mol. The predicted molar refractivity (Wildman–Crippen MR) is 75.3 cm³/mol. The van der Waals surface area contributed by atoms with Crippen LogP contribution in [0.2, 0.25) is 0 Å². The molecule has 4 heteroatoms. The second-order valence-corrected chi connectivity index (χ2v) is 4.87. The molecule has 104 valence electrons. The normalized spacial score (nSPS) is 14.8. The third kappa shape index (κ3) is 4.24. The number of rotatable bonds is 7. The number of carbonyl (C=O) groups is 1. The number of hydrogen-bond acceptors (Lipinski definition) is 3. The Bertz CT molecular complexity index is 416. The Kier molecular flexibility index (Phi) is 5.21. The minimum absolute atomic E-state index is 0.123. The van der Waals surface area contributed by atoms with Crippen LogP contribution < -0.4 is 15.4 Å². The molecule has 0 aliphatic carbocycles. The molecule has 1 heterocycles. The molecule has 1 saturated heterocycles. The standard InChI is InChI=1S/C15H22N2O2/c1-2-19-14-6-4-3-5-13(14)7-8-15(18)17-11-12-9-16-10-12/h3-6,12,16H,2,7-11H2,1H3,(H,17,18). The summed E-state index contributed by atoms with van der Waals surface area (Å²) in [4.78, 5) is 11.8. The van der Waals surface area contributed by atoms with E-state index in [4.69, 9.17) is 4.74 Å². The Hall–Kier alpha value is -1.55. The van der Waals surface area contributed by atoms with E-state index in [1.54, 1.807) is 0 Å². The fraction of sp³-hybridized carbons (Fsp3) is 0.533. The molecule has 1 fully saturated rings. The van der Waals surface area contributed by atoms with Gasteiger partial charge in [-0.15, -0.1) is 0 Å². The Labute approximate surface area is 114 Å². The number of para-hydroxylation sites is 1. The van der Waals surface area contributed by atoms with E-state index < -0.39 is 0 Å². The van der Waals surface area contributed by atoms with Crippen molar-refractivity contribution in [1.29, 1.82) is 0 Å². The van der Waals surface area contributed by atoms with Gasteiger partial charge in [0.05, 0.1) is 6.61 Å². The topological polar surface area (TPSA) is 50.4 Å². The summed E-state index contributed by atoms with van der Waals surface area (Å²) >= 11 is 0. The number of ether oxygens (including phenoxy) is 1. The van der Waals surface area contributed by atoms with Crippen LogP contribution in [0.5, 0.6) is 5.75 Å². The van der Waals surface area contributed by atoms with E-state index in [1.807, 2.05) is 31.2 Å². The summed E-state index contributed by atoms with van der Waals surface area (Å²) in [6.45, 7) is 5.45. The molecule has 1 aliphatic rings. The van der Waals surface area contributed by atoms with Gasteiger partial charge in [0.25, 0.3) is 0 Å². The first-order valence-corrected chi connectivity index (χ1v) is 6.97. The second-order valence-electron chi connectivity index (χ2n) is 4.87. The lowest BCUT2D eigenvalue weighted by molar-refractivity contribution is -0.121. The van der Waals surface area contributed by atoms with E-state index in [0.717, 1.165) is 37.4 Å². The number of benzene rings is 1. The van der Waals surface area contributed by atoms with Crippen LogP contribution in [0, 0.1) is 5.92 Å². The van der Waals surface area contributed by atoms with Crippen molar-refractivity contribution < 1.29 is 9.53 Å². The molecule has 2 rings (SSSR count). The van der Waals surface area contributed by atoms with Gasteiger partial charge in [0.2, 0.25) is 5.91 Å². The predicted octanol–water partition coefficient (Wildman–Crippen LogP) is 1.35. The van der Waals surface area contributed by atoms with Crippen molar-refractivity contribution in [2.75, 3.05) is 26.2 Å². The Morgan fingerprint density at radius 3 is 2.89 bits per heavy atom. The largest absolute Gasteiger partial charge is 0.494 e. The molecule has 0 atom stereocenters. The van der Waals surface area contributed by atoms with E-state index in [-0.39, 0.29) is 5.91 Å². The Morgan fingerprint density at radius 1 is 1.42 bits per heavy atom. The molecule has 2 N–H and O–H groups in total. The van der Waals surface area contributed by atoms with Crippen LogP contribution >= 0.6 is 0 Å². The highest BCUT2D eigenvalue weighted by atomic mass is 16.5. The summed E-state index contributed by atoms with van der Waals surface area (Å²) in [6.07, 6.45) is 1.25. The van der Waals surface area contributed by atoms with Crippen molar-refractivity contribution in [3.63, 3.8) is 0 Å². The molecular formula is C15H22N2O2. The number of carbonyl (C=O) groups excluding carboxylic acids is 1. The quantitative estimate of drug-likeness (QED) is 0.780. The summed E-state index contributed by atoms with van der Waals surface area (Å²) in [5.74, 6) is 1.62. The number of nitrogens with one attached hydrogen (secondary N) is 2. The fourth-order valence-electron chi connectivity index (χ4n) is 2.09. The number of aryl methyl sites for hydroxylation is 1. The highest BCUT2D eigenvalue weighted by molar-refractivity contribution is 5.76. The van der Waals surface area contributed by atoms with Crippen molar-refractivity contribution in [2.45, 2.75) is 19.8 Å². The van der Waals surface area contributed by atoms with Gasteiger partial charge in [-0.25, -0.2) is 0 Å². The molecule has 1 aliphatic heterocycles. The van der Waals surface area contributed by atoms with Gasteiger partial charge in [-0.2, -0.15) is 0 Å². The summed E-state index contributed by atoms with van der Waals surface area (Å²) in [5.41, 5.74) is 1.10. The lowest BCUT2D eigenvalue weighted by Gasteiger charge is -2.27. The van der Waals surface area contributed by atoms with Crippen molar-refractivity contribution >= 4 is 5.91 Å². The van der Waals surface area contributed by atoms with Gasteiger partial charge in [0, 0.05) is 32.0 Å². The summed E-state index contributed by atoms with van der Waals surface area (Å²) < 4.78 is 5.55. The molecule has 4 nitrogen and oxygen atoms in total. The average molecular weight is 262 g/mol.